The van der Waals surface area contributed by atoms with Crippen LogP contribution in [0.1, 0.15) is 48.8 Å². The molecule has 2 heterocycles. The second kappa shape index (κ2) is 6.14. The molecule has 1 aliphatic carbocycles. The largest absolute Gasteiger partial charge is 0.490 e. The Morgan fingerprint density at radius 1 is 1.42 bits per heavy atom. The summed E-state index contributed by atoms with van der Waals surface area (Å²) in [5, 5.41) is 12.3. The van der Waals surface area contributed by atoms with Crippen LogP contribution in [0, 0.1) is 6.92 Å². The van der Waals surface area contributed by atoms with Gasteiger partial charge in [0.1, 0.15) is 11.2 Å². The molecule has 2 N–H and O–H groups in total. The van der Waals surface area contributed by atoms with Gasteiger partial charge in [-0.25, -0.2) is 9.78 Å². The molecule has 0 aliphatic heterocycles. The van der Waals surface area contributed by atoms with Crippen molar-refractivity contribution >= 4 is 17.5 Å². The van der Waals surface area contributed by atoms with Gasteiger partial charge in [0.05, 0.1) is 12.3 Å². The lowest BCUT2D eigenvalue weighted by Crippen LogP contribution is -2.52. The molecule has 2 aromatic rings. The predicted molar refractivity (Wildman–Crippen MR) is 87.4 cm³/mol. The zero-order chi connectivity index (χ0) is 17.3. The number of carboxylic acid groups (broad SMARTS) is 1. The maximum Gasteiger partial charge on any atom is 0.329 e. The summed E-state index contributed by atoms with van der Waals surface area (Å²) in [7, 11) is 0. The van der Waals surface area contributed by atoms with Gasteiger partial charge < -0.3 is 15.2 Å². The molecular weight excluding hydrogens is 310 g/mol. The highest BCUT2D eigenvalue weighted by atomic mass is 16.5. The summed E-state index contributed by atoms with van der Waals surface area (Å²) in [6.45, 7) is 4.11. The monoisotopic (exact) mass is 331 g/mol. The van der Waals surface area contributed by atoms with E-state index in [-0.39, 0.29) is 0 Å². The van der Waals surface area contributed by atoms with Gasteiger partial charge in [0.25, 0.3) is 5.91 Å². The topological polar surface area (TPSA) is 92.9 Å². The fourth-order valence-electron chi connectivity index (χ4n) is 3.35. The number of aliphatic carboxylic acids is 1. The third kappa shape index (κ3) is 2.60. The van der Waals surface area contributed by atoms with E-state index in [0.29, 0.717) is 42.2 Å². The third-order valence-corrected chi connectivity index (χ3v) is 4.52. The van der Waals surface area contributed by atoms with Gasteiger partial charge in [-0.3, -0.25) is 9.20 Å². The number of ether oxygens (including phenoxy) is 1. The van der Waals surface area contributed by atoms with Crippen molar-refractivity contribution in [2.75, 3.05) is 6.61 Å². The first kappa shape index (κ1) is 16.3. The smallest absolute Gasteiger partial charge is 0.329 e. The molecule has 1 saturated carbocycles. The molecule has 7 heteroatoms. The van der Waals surface area contributed by atoms with Crippen LogP contribution in [0.5, 0.6) is 5.75 Å². The molecule has 7 nitrogen and oxygen atoms in total. The summed E-state index contributed by atoms with van der Waals surface area (Å²) < 4.78 is 7.20. The van der Waals surface area contributed by atoms with Crippen molar-refractivity contribution in [1.82, 2.24) is 14.7 Å². The summed E-state index contributed by atoms with van der Waals surface area (Å²) in [4.78, 5) is 28.9. The molecular formula is C17H21N3O4. The van der Waals surface area contributed by atoms with Crippen LogP contribution in [0.2, 0.25) is 0 Å². The van der Waals surface area contributed by atoms with E-state index in [2.05, 4.69) is 10.3 Å². The maximum absolute atomic E-state index is 12.8. The van der Waals surface area contributed by atoms with Gasteiger partial charge in [0.2, 0.25) is 0 Å². The Hall–Kier alpha value is -2.57. The van der Waals surface area contributed by atoms with E-state index in [9.17, 15) is 14.7 Å². The number of amides is 1. The second-order valence-electron chi connectivity index (χ2n) is 6.09. The van der Waals surface area contributed by atoms with Crippen LogP contribution < -0.4 is 10.1 Å². The summed E-state index contributed by atoms with van der Waals surface area (Å²) >= 11 is 0. The Balaban J connectivity index is 2.00. The lowest BCUT2D eigenvalue weighted by atomic mass is 9.97. The molecule has 1 fully saturated rings. The van der Waals surface area contributed by atoms with Crippen molar-refractivity contribution < 1.29 is 19.4 Å². The average Bonchev–Trinajstić information content (AvgIpc) is 3.12. The zero-order valence-electron chi connectivity index (χ0n) is 13.8. The molecule has 128 valence electrons. The standard InChI is InChI=1S/C17H21N3O4/c1-3-24-12-7-6-10-20-13(11(2)18-14(12)20)15(21)19-17(16(22)23)8-4-5-9-17/h6-7,10H,3-5,8-9H2,1-2H3,(H,19,21)(H,22,23). The third-order valence-electron chi connectivity index (χ3n) is 4.52. The van der Waals surface area contributed by atoms with Crippen molar-refractivity contribution in [3.63, 3.8) is 0 Å². The zero-order valence-corrected chi connectivity index (χ0v) is 13.8. The lowest BCUT2D eigenvalue weighted by Gasteiger charge is -2.25. The molecule has 1 amide bonds. The van der Waals surface area contributed by atoms with Crippen LogP contribution in [-0.4, -0.2) is 38.5 Å². The second-order valence-corrected chi connectivity index (χ2v) is 6.09. The predicted octanol–water partition coefficient (Wildman–Crippen LogP) is 2.17. The van der Waals surface area contributed by atoms with Crippen LogP contribution in [0.25, 0.3) is 5.65 Å². The fourth-order valence-corrected chi connectivity index (χ4v) is 3.35. The van der Waals surface area contributed by atoms with Crippen LogP contribution in [0.3, 0.4) is 0 Å². The van der Waals surface area contributed by atoms with E-state index in [1.807, 2.05) is 6.92 Å². The highest BCUT2D eigenvalue weighted by Crippen LogP contribution is 2.31. The number of carbonyl (C=O) groups excluding carboxylic acids is 1. The molecule has 0 unspecified atom stereocenters. The van der Waals surface area contributed by atoms with Crippen LogP contribution in [0.4, 0.5) is 0 Å². The van der Waals surface area contributed by atoms with Crippen LogP contribution >= 0.6 is 0 Å². The number of fused-ring (bicyclic) bond motifs is 1. The van der Waals surface area contributed by atoms with Gasteiger partial charge in [-0.1, -0.05) is 12.8 Å². The van der Waals surface area contributed by atoms with Gasteiger partial charge in [-0.15, -0.1) is 0 Å². The number of rotatable bonds is 5. The van der Waals surface area contributed by atoms with Crippen molar-refractivity contribution in [2.45, 2.75) is 45.1 Å². The van der Waals surface area contributed by atoms with E-state index >= 15 is 0 Å². The fraction of sp³-hybridized carbons (Fsp3) is 0.471. The van der Waals surface area contributed by atoms with E-state index in [0.717, 1.165) is 12.8 Å². The molecule has 3 rings (SSSR count). The average molecular weight is 331 g/mol. The van der Waals surface area contributed by atoms with Gasteiger partial charge in [0, 0.05) is 6.20 Å². The number of imidazole rings is 1. The Kier molecular flexibility index (Phi) is 4.17. The number of hydrogen-bond donors (Lipinski definition) is 2. The summed E-state index contributed by atoms with van der Waals surface area (Å²) in [5.74, 6) is -0.802. The van der Waals surface area contributed by atoms with E-state index in [1.54, 1.807) is 29.7 Å². The molecule has 0 atom stereocenters. The van der Waals surface area contributed by atoms with Crippen molar-refractivity contribution in [3.8, 4) is 5.75 Å². The Labute approximate surface area is 139 Å². The normalized spacial score (nSPS) is 16.2. The summed E-state index contributed by atoms with van der Waals surface area (Å²) in [5.41, 5.74) is 0.264. The minimum atomic E-state index is -1.18. The van der Waals surface area contributed by atoms with E-state index < -0.39 is 17.4 Å². The minimum absolute atomic E-state index is 0.346. The van der Waals surface area contributed by atoms with Gasteiger partial charge in [-0.05, 0) is 38.8 Å². The first-order chi connectivity index (χ1) is 11.5. The molecule has 2 aromatic heterocycles. The summed E-state index contributed by atoms with van der Waals surface area (Å²) in [6.07, 6.45) is 4.23. The number of aryl methyl sites for hydroxylation is 1. The maximum atomic E-state index is 12.8. The van der Waals surface area contributed by atoms with E-state index in [1.165, 1.54) is 0 Å². The minimum Gasteiger partial charge on any atom is -0.490 e. The van der Waals surface area contributed by atoms with Gasteiger partial charge in [-0.2, -0.15) is 0 Å². The van der Waals surface area contributed by atoms with Crippen molar-refractivity contribution in [3.05, 3.63) is 29.7 Å². The number of carboxylic acids is 1. The highest BCUT2D eigenvalue weighted by Gasteiger charge is 2.43. The molecule has 1 aliphatic rings. The number of carbonyl (C=O) groups is 2. The van der Waals surface area contributed by atoms with Crippen LogP contribution in [-0.2, 0) is 4.79 Å². The quantitative estimate of drug-likeness (QED) is 0.876. The highest BCUT2D eigenvalue weighted by molar-refractivity contribution is 5.98. The summed E-state index contributed by atoms with van der Waals surface area (Å²) in [6, 6.07) is 3.57. The van der Waals surface area contributed by atoms with Gasteiger partial charge >= 0.3 is 5.97 Å². The lowest BCUT2D eigenvalue weighted by molar-refractivity contribution is -0.144. The first-order valence-corrected chi connectivity index (χ1v) is 8.15. The first-order valence-electron chi connectivity index (χ1n) is 8.15. The van der Waals surface area contributed by atoms with Crippen molar-refractivity contribution in [1.29, 1.82) is 0 Å². The molecule has 0 saturated heterocycles. The number of pyridine rings is 1. The van der Waals surface area contributed by atoms with Crippen molar-refractivity contribution in [2.24, 2.45) is 0 Å². The molecule has 0 spiro atoms. The Morgan fingerprint density at radius 3 is 2.75 bits per heavy atom. The molecule has 0 radical (unpaired) electrons. The Bertz CT molecular complexity index is 790. The SMILES string of the molecule is CCOc1cccn2c(C(=O)NC3(C(=O)O)CCCC3)c(C)nc12. The Morgan fingerprint density at radius 2 is 2.12 bits per heavy atom. The molecule has 24 heavy (non-hydrogen) atoms. The van der Waals surface area contributed by atoms with Gasteiger partial charge in [0.15, 0.2) is 11.4 Å². The number of aromatic nitrogens is 2. The van der Waals surface area contributed by atoms with E-state index in [4.69, 9.17) is 4.74 Å². The molecule has 0 aromatic carbocycles. The molecule has 0 bridgehead atoms. The number of nitrogens with zero attached hydrogens (tertiary/aromatic N) is 2. The van der Waals surface area contributed by atoms with Crippen LogP contribution in [0.15, 0.2) is 18.3 Å². The number of hydrogen-bond acceptors (Lipinski definition) is 4. The number of nitrogens with one attached hydrogen (secondary N) is 1.